The molecule has 0 unspecified atom stereocenters. The van der Waals surface area contributed by atoms with Crippen LogP contribution >= 0.6 is 0 Å². The summed E-state index contributed by atoms with van der Waals surface area (Å²) in [4.78, 5) is 27.4. The highest BCUT2D eigenvalue weighted by molar-refractivity contribution is 6.04. The van der Waals surface area contributed by atoms with Gasteiger partial charge in [0.25, 0.3) is 17.8 Å². The van der Waals surface area contributed by atoms with E-state index in [1.54, 1.807) is 24.3 Å². The van der Waals surface area contributed by atoms with Crippen LogP contribution in [0, 0.1) is 5.82 Å². The summed E-state index contributed by atoms with van der Waals surface area (Å²) in [5.41, 5.74) is 1.57. The summed E-state index contributed by atoms with van der Waals surface area (Å²) in [5, 5.41) is 15.5. The highest BCUT2D eigenvalue weighted by Gasteiger charge is 2.31. The van der Waals surface area contributed by atoms with Gasteiger partial charge in [0.2, 0.25) is 0 Å². The summed E-state index contributed by atoms with van der Waals surface area (Å²) >= 11 is 0. The number of tetrazole rings is 1. The number of rotatable bonds is 8. The van der Waals surface area contributed by atoms with Crippen LogP contribution in [0.3, 0.4) is 0 Å². The minimum atomic E-state index is -4.73. The van der Waals surface area contributed by atoms with E-state index in [0.717, 1.165) is 37.1 Å². The van der Waals surface area contributed by atoms with Crippen LogP contribution in [0.5, 0.6) is 0 Å². The molecule has 0 atom stereocenters. The van der Waals surface area contributed by atoms with Gasteiger partial charge in [-0.05, 0) is 89.2 Å². The number of hydrogen-bond donors (Lipinski definition) is 2. The van der Waals surface area contributed by atoms with Crippen molar-refractivity contribution in [2.75, 3.05) is 10.2 Å². The minimum absolute atomic E-state index is 0.0231. The van der Waals surface area contributed by atoms with E-state index in [1.807, 2.05) is 24.3 Å². The average Bonchev–Trinajstić information content (AvgIpc) is 3.52. The highest BCUT2D eigenvalue weighted by Crippen LogP contribution is 2.34. The summed E-state index contributed by atoms with van der Waals surface area (Å²) < 4.78 is 53.4. The van der Waals surface area contributed by atoms with Crippen LogP contribution in [0.25, 0.3) is 6.08 Å². The molecule has 1 aliphatic rings. The van der Waals surface area contributed by atoms with E-state index in [1.165, 1.54) is 29.7 Å². The number of carbonyl (C=O) groups is 2. The molecule has 43 heavy (non-hydrogen) atoms. The zero-order valence-electron chi connectivity index (χ0n) is 22.9. The molecule has 1 saturated carbocycles. The first-order valence-electron chi connectivity index (χ1n) is 13.8. The number of nitrogens with one attached hydrogen (secondary N) is 2. The predicted octanol–water partition coefficient (Wildman–Crippen LogP) is 6.90. The van der Waals surface area contributed by atoms with Crippen molar-refractivity contribution in [3.8, 4) is 0 Å². The molecule has 1 aliphatic carbocycles. The van der Waals surface area contributed by atoms with Crippen LogP contribution in [0.4, 0.5) is 29.2 Å². The molecule has 0 radical (unpaired) electrons. The van der Waals surface area contributed by atoms with E-state index in [-0.39, 0.29) is 18.1 Å². The summed E-state index contributed by atoms with van der Waals surface area (Å²) in [5.74, 6) is -1.53. The molecule has 0 aliphatic heterocycles. The van der Waals surface area contributed by atoms with Crippen molar-refractivity contribution in [3.05, 3.63) is 106 Å². The fourth-order valence-corrected chi connectivity index (χ4v) is 5.12. The van der Waals surface area contributed by atoms with E-state index in [0.29, 0.717) is 28.8 Å². The number of H-pyrrole nitrogens is 1. The molecule has 1 heterocycles. The van der Waals surface area contributed by atoms with Crippen LogP contribution in [0.2, 0.25) is 0 Å². The third-order valence-corrected chi connectivity index (χ3v) is 7.34. The smallest absolute Gasteiger partial charge is 0.304 e. The second-order valence-electron chi connectivity index (χ2n) is 10.3. The van der Waals surface area contributed by atoms with Crippen LogP contribution < -0.4 is 10.2 Å². The molecule has 0 saturated heterocycles. The molecule has 1 fully saturated rings. The number of anilines is 2. The minimum Gasteiger partial charge on any atom is -0.304 e. The zero-order chi connectivity index (χ0) is 30.4. The maximum absolute atomic E-state index is 13.9. The van der Waals surface area contributed by atoms with Gasteiger partial charge >= 0.3 is 6.18 Å². The first-order chi connectivity index (χ1) is 20.7. The van der Waals surface area contributed by atoms with Gasteiger partial charge in [0, 0.05) is 17.3 Å². The van der Waals surface area contributed by atoms with Gasteiger partial charge in [-0.2, -0.15) is 18.4 Å². The summed E-state index contributed by atoms with van der Waals surface area (Å²) in [6, 6.07) is 16.4. The fraction of sp³-hybridized carbons (Fsp3) is 0.258. The summed E-state index contributed by atoms with van der Waals surface area (Å²) in [6.45, 7) is 0.107. The highest BCUT2D eigenvalue weighted by atomic mass is 19.4. The summed E-state index contributed by atoms with van der Waals surface area (Å²) in [6.07, 6.45) is 3.39. The van der Waals surface area contributed by atoms with Gasteiger partial charge in [-0.15, -0.1) is 5.10 Å². The lowest BCUT2D eigenvalue weighted by molar-refractivity contribution is -0.137. The number of halogens is 4. The maximum Gasteiger partial charge on any atom is 0.416 e. The van der Waals surface area contributed by atoms with Crippen molar-refractivity contribution >= 4 is 29.5 Å². The predicted molar refractivity (Wildman–Crippen MR) is 152 cm³/mol. The fourth-order valence-electron chi connectivity index (χ4n) is 5.12. The number of alkyl halides is 3. The van der Waals surface area contributed by atoms with Gasteiger partial charge in [-0.1, -0.05) is 48.6 Å². The van der Waals surface area contributed by atoms with Crippen LogP contribution in [0.15, 0.2) is 72.8 Å². The van der Waals surface area contributed by atoms with Gasteiger partial charge in [-0.3, -0.25) is 14.9 Å². The Morgan fingerprint density at radius 2 is 1.70 bits per heavy atom. The van der Waals surface area contributed by atoms with Gasteiger partial charge < -0.3 is 4.90 Å². The molecular formula is C31H28F4N6O2. The monoisotopic (exact) mass is 592 g/mol. The second-order valence-corrected chi connectivity index (χ2v) is 10.3. The van der Waals surface area contributed by atoms with Gasteiger partial charge in [0.1, 0.15) is 5.82 Å². The SMILES string of the molecule is O=C(Nc1nn[nH]n1)c1ccc(CN(C(=O)C=Cc2cc(F)cc(C(F)(F)F)c2)c2ccc(C3CCCCC3)cc2)cc1. The topological polar surface area (TPSA) is 104 Å². The van der Waals surface area contributed by atoms with E-state index in [9.17, 15) is 27.2 Å². The Balaban J connectivity index is 1.38. The van der Waals surface area contributed by atoms with E-state index < -0.39 is 29.4 Å². The Labute approximate surface area is 244 Å². The Kier molecular flexibility index (Phi) is 8.93. The standard InChI is InChI=1S/C31H28F4N6O2/c32-26-17-21(16-25(18-26)31(33,34)35)8-15-28(42)41(27-13-11-23(12-14-27)22-4-2-1-3-5-22)19-20-6-9-24(10-7-20)29(43)36-30-37-39-40-38-30/h6-18,22H,1-5,19H2,(H2,36,37,38,39,40,43). The zero-order valence-corrected chi connectivity index (χ0v) is 22.9. The first kappa shape index (κ1) is 29.6. The molecule has 12 heteroatoms. The third-order valence-electron chi connectivity index (χ3n) is 7.34. The Morgan fingerprint density at radius 1 is 0.977 bits per heavy atom. The van der Waals surface area contributed by atoms with E-state index >= 15 is 0 Å². The molecule has 0 spiro atoms. The molecular weight excluding hydrogens is 564 g/mol. The molecule has 2 N–H and O–H groups in total. The number of hydrogen-bond acceptors (Lipinski definition) is 5. The van der Waals surface area contributed by atoms with Crippen molar-refractivity contribution < 1.29 is 27.2 Å². The largest absolute Gasteiger partial charge is 0.416 e. The lowest BCUT2D eigenvalue weighted by atomic mass is 9.84. The van der Waals surface area contributed by atoms with Crippen molar-refractivity contribution in [2.45, 2.75) is 50.7 Å². The molecule has 1 aromatic heterocycles. The van der Waals surface area contributed by atoms with Gasteiger partial charge in [0.05, 0.1) is 12.1 Å². The van der Waals surface area contributed by atoms with Crippen LogP contribution in [-0.2, 0) is 17.5 Å². The molecule has 4 aromatic rings. The van der Waals surface area contributed by atoms with Crippen molar-refractivity contribution in [2.24, 2.45) is 0 Å². The number of nitrogens with zero attached hydrogens (tertiary/aromatic N) is 4. The van der Waals surface area contributed by atoms with Gasteiger partial charge in [0.15, 0.2) is 0 Å². The average molecular weight is 593 g/mol. The number of benzene rings is 3. The van der Waals surface area contributed by atoms with Crippen LogP contribution in [0.1, 0.15) is 70.6 Å². The number of carbonyl (C=O) groups excluding carboxylic acids is 2. The molecule has 0 bridgehead atoms. The first-order valence-corrected chi connectivity index (χ1v) is 13.8. The van der Waals surface area contributed by atoms with Crippen molar-refractivity contribution in [3.63, 3.8) is 0 Å². The quantitative estimate of drug-likeness (QED) is 0.171. The molecule has 222 valence electrons. The lowest BCUT2D eigenvalue weighted by Crippen LogP contribution is -2.28. The summed E-state index contributed by atoms with van der Waals surface area (Å²) in [7, 11) is 0. The number of aromatic nitrogens is 4. The Bertz CT molecular complexity index is 1580. The second kappa shape index (κ2) is 13.0. The van der Waals surface area contributed by atoms with Crippen molar-refractivity contribution in [1.29, 1.82) is 0 Å². The number of aromatic amines is 1. The van der Waals surface area contributed by atoms with Gasteiger partial charge in [-0.25, -0.2) is 4.39 Å². The van der Waals surface area contributed by atoms with E-state index in [4.69, 9.17) is 0 Å². The van der Waals surface area contributed by atoms with Crippen LogP contribution in [-0.4, -0.2) is 32.4 Å². The molecule has 5 rings (SSSR count). The Hall–Kier alpha value is -4.87. The lowest BCUT2D eigenvalue weighted by Gasteiger charge is -2.25. The normalized spacial score (nSPS) is 14.1. The van der Waals surface area contributed by atoms with Crippen molar-refractivity contribution in [1.82, 2.24) is 20.6 Å². The molecule has 8 nitrogen and oxygen atoms in total. The Morgan fingerprint density at radius 3 is 2.35 bits per heavy atom. The molecule has 2 amide bonds. The maximum atomic E-state index is 13.9. The molecule has 3 aromatic carbocycles. The third kappa shape index (κ3) is 7.70. The number of amides is 2. The van der Waals surface area contributed by atoms with E-state index in [2.05, 4.69) is 25.9 Å².